The zero-order valence-electron chi connectivity index (χ0n) is 7.02. The predicted molar refractivity (Wildman–Crippen MR) is 42.3 cm³/mol. The van der Waals surface area contributed by atoms with Gasteiger partial charge in [-0.3, -0.25) is 0 Å². The standard InChI is InChI=1S/C8H6O3S.Cs/c1-2-7-5-3-4-6-8(7)12(9,10)11;/h1,3-6H,(H,9,10,11);/q;+1/p-1. The second-order valence-electron chi connectivity index (χ2n) is 2.09. The molecule has 0 aromatic heterocycles. The third kappa shape index (κ3) is 3.77. The molecule has 0 amide bonds. The summed E-state index contributed by atoms with van der Waals surface area (Å²) in [4.78, 5) is -0.340. The molecule has 3 nitrogen and oxygen atoms in total. The Labute approximate surface area is 136 Å². The molecule has 0 heterocycles. The van der Waals surface area contributed by atoms with E-state index in [0.29, 0.717) is 0 Å². The molecular formula is C8H5CsO3S. The van der Waals surface area contributed by atoms with Crippen LogP contribution in [-0.4, -0.2) is 13.0 Å². The van der Waals surface area contributed by atoms with Crippen LogP contribution in [0.3, 0.4) is 0 Å². The average Bonchev–Trinajstić information content (AvgIpc) is 2.03. The van der Waals surface area contributed by atoms with Gasteiger partial charge in [0.25, 0.3) is 0 Å². The molecule has 1 aromatic rings. The van der Waals surface area contributed by atoms with Gasteiger partial charge in [0.2, 0.25) is 0 Å². The van der Waals surface area contributed by atoms with Crippen LogP contribution >= 0.6 is 0 Å². The van der Waals surface area contributed by atoms with E-state index in [9.17, 15) is 13.0 Å². The smallest absolute Gasteiger partial charge is 0.744 e. The molecule has 0 saturated heterocycles. The molecule has 0 aliphatic rings. The van der Waals surface area contributed by atoms with Gasteiger partial charge in [0, 0.05) is 5.56 Å². The van der Waals surface area contributed by atoms with Crippen molar-refractivity contribution in [3.05, 3.63) is 29.8 Å². The van der Waals surface area contributed by atoms with Gasteiger partial charge in [-0.15, -0.1) is 6.42 Å². The van der Waals surface area contributed by atoms with E-state index in [1.165, 1.54) is 18.2 Å². The first-order valence-electron chi connectivity index (χ1n) is 3.07. The minimum atomic E-state index is -4.44. The SMILES string of the molecule is C#Cc1ccccc1S(=O)(=O)[O-].[Cs+]. The Bertz CT molecular complexity index is 431. The summed E-state index contributed by atoms with van der Waals surface area (Å²) in [5, 5.41) is 0. The van der Waals surface area contributed by atoms with Gasteiger partial charge in [-0.2, -0.15) is 0 Å². The molecule has 5 heteroatoms. The van der Waals surface area contributed by atoms with Gasteiger partial charge in [-0.25, -0.2) is 8.42 Å². The van der Waals surface area contributed by atoms with Crippen molar-refractivity contribution in [2.75, 3.05) is 0 Å². The van der Waals surface area contributed by atoms with Crippen LogP contribution in [0.4, 0.5) is 0 Å². The van der Waals surface area contributed by atoms with Crippen LogP contribution in [0.1, 0.15) is 5.56 Å². The van der Waals surface area contributed by atoms with Crippen molar-refractivity contribution in [3.63, 3.8) is 0 Å². The first-order valence-corrected chi connectivity index (χ1v) is 4.48. The molecule has 13 heavy (non-hydrogen) atoms. The van der Waals surface area contributed by atoms with Gasteiger partial charge in [-0.1, -0.05) is 18.1 Å². The third-order valence-corrected chi connectivity index (χ3v) is 2.21. The molecule has 0 unspecified atom stereocenters. The van der Waals surface area contributed by atoms with E-state index in [1.54, 1.807) is 6.07 Å². The minimum absolute atomic E-state index is 0. The maximum atomic E-state index is 10.6. The summed E-state index contributed by atoms with van der Waals surface area (Å²) in [7, 11) is -4.44. The molecule has 62 valence electrons. The van der Waals surface area contributed by atoms with Crippen LogP contribution in [0.2, 0.25) is 0 Å². The van der Waals surface area contributed by atoms with E-state index in [1.807, 2.05) is 0 Å². The van der Waals surface area contributed by atoms with Crippen LogP contribution < -0.4 is 68.9 Å². The Morgan fingerprint density at radius 3 is 2.23 bits per heavy atom. The molecule has 0 radical (unpaired) electrons. The van der Waals surface area contributed by atoms with Crippen LogP contribution in [0, 0.1) is 12.3 Å². The Hall–Kier alpha value is 0.742. The van der Waals surface area contributed by atoms with E-state index < -0.39 is 10.1 Å². The summed E-state index contributed by atoms with van der Waals surface area (Å²) in [5.74, 6) is 2.12. The molecule has 1 rings (SSSR count). The summed E-state index contributed by atoms with van der Waals surface area (Å²) in [6.45, 7) is 0. The molecule has 0 atom stereocenters. The molecule has 0 N–H and O–H groups in total. The molecule has 0 aliphatic heterocycles. The average molecular weight is 314 g/mol. The van der Waals surface area contributed by atoms with Crippen molar-refractivity contribution < 1.29 is 81.9 Å². The second-order valence-corrected chi connectivity index (χ2v) is 3.44. The van der Waals surface area contributed by atoms with Crippen LogP contribution in [-0.2, 0) is 10.1 Å². The van der Waals surface area contributed by atoms with Crippen LogP contribution in [0.15, 0.2) is 29.2 Å². The zero-order valence-corrected chi connectivity index (χ0v) is 14.1. The number of rotatable bonds is 1. The Kier molecular flexibility index (Phi) is 5.90. The van der Waals surface area contributed by atoms with E-state index in [4.69, 9.17) is 6.42 Å². The molecule has 0 aliphatic carbocycles. The van der Waals surface area contributed by atoms with Crippen molar-refractivity contribution in [1.82, 2.24) is 0 Å². The topological polar surface area (TPSA) is 57.2 Å². The fourth-order valence-corrected chi connectivity index (χ4v) is 1.45. The van der Waals surface area contributed by atoms with Gasteiger partial charge in [0.15, 0.2) is 0 Å². The Morgan fingerprint density at radius 1 is 1.31 bits per heavy atom. The zero-order chi connectivity index (χ0) is 9.19. The van der Waals surface area contributed by atoms with Gasteiger partial charge in [-0.05, 0) is 12.1 Å². The Balaban J connectivity index is 0.00000144. The summed E-state index contributed by atoms with van der Waals surface area (Å²) in [6, 6.07) is 5.62. The summed E-state index contributed by atoms with van der Waals surface area (Å²) >= 11 is 0. The van der Waals surface area contributed by atoms with Crippen molar-refractivity contribution in [2.45, 2.75) is 4.90 Å². The minimum Gasteiger partial charge on any atom is -0.744 e. The van der Waals surface area contributed by atoms with Gasteiger partial charge < -0.3 is 4.55 Å². The molecule has 0 spiro atoms. The quantitative estimate of drug-likeness (QED) is 0.428. The molecule has 0 fully saturated rings. The van der Waals surface area contributed by atoms with Gasteiger partial charge in [0.05, 0.1) is 4.90 Å². The summed E-state index contributed by atoms with van der Waals surface area (Å²) < 4.78 is 31.7. The number of hydrogen-bond acceptors (Lipinski definition) is 3. The second kappa shape index (κ2) is 5.58. The van der Waals surface area contributed by atoms with E-state index in [2.05, 4.69) is 5.92 Å². The normalized spacial score (nSPS) is 9.85. The fraction of sp³-hybridized carbons (Fsp3) is 0. The molecule has 0 saturated carbocycles. The van der Waals surface area contributed by atoms with Crippen molar-refractivity contribution in [3.8, 4) is 12.3 Å². The van der Waals surface area contributed by atoms with Crippen molar-refractivity contribution in [2.24, 2.45) is 0 Å². The first-order chi connectivity index (χ1) is 5.55. The number of benzene rings is 1. The van der Waals surface area contributed by atoms with Crippen LogP contribution in [0.25, 0.3) is 0 Å². The van der Waals surface area contributed by atoms with E-state index in [-0.39, 0.29) is 79.4 Å². The maximum Gasteiger partial charge on any atom is 1.00 e. The van der Waals surface area contributed by atoms with Crippen molar-refractivity contribution in [1.29, 1.82) is 0 Å². The molecule has 1 aromatic carbocycles. The summed E-state index contributed by atoms with van der Waals surface area (Å²) in [6.07, 6.45) is 4.99. The molecule has 0 bridgehead atoms. The van der Waals surface area contributed by atoms with Gasteiger partial charge >= 0.3 is 68.9 Å². The maximum absolute atomic E-state index is 10.6. The van der Waals surface area contributed by atoms with E-state index >= 15 is 0 Å². The largest absolute Gasteiger partial charge is 1.00 e. The number of terminal acetylenes is 1. The Morgan fingerprint density at radius 2 is 1.85 bits per heavy atom. The van der Waals surface area contributed by atoms with Crippen molar-refractivity contribution >= 4 is 10.1 Å². The predicted octanol–water partition coefficient (Wildman–Crippen LogP) is -2.42. The molecular weight excluding hydrogens is 309 g/mol. The van der Waals surface area contributed by atoms with Gasteiger partial charge in [0.1, 0.15) is 10.1 Å². The van der Waals surface area contributed by atoms with E-state index in [0.717, 1.165) is 0 Å². The number of hydrogen-bond donors (Lipinski definition) is 0. The monoisotopic (exact) mass is 314 g/mol. The first kappa shape index (κ1) is 13.7. The fourth-order valence-electron chi connectivity index (χ4n) is 0.804. The third-order valence-electron chi connectivity index (χ3n) is 1.31. The van der Waals surface area contributed by atoms with Crippen LogP contribution in [0.5, 0.6) is 0 Å². The summed E-state index contributed by atoms with van der Waals surface area (Å²) in [5.41, 5.74) is 0.104.